The number of ketones is 1. The fourth-order valence-corrected chi connectivity index (χ4v) is 3.13. The number of benzene rings is 1. The number of fused-ring (bicyclic) bond motifs is 1. The Morgan fingerprint density at radius 1 is 1.32 bits per heavy atom. The van der Waals surface area contributed by atoms with Crippen LogP contribution >= 0.6 is 0 Å². The van der Waals surface area contributed by atoms with E-state index in [9.17, 15) is 9.59 Å². The van der Waals surface area contributed by atoms with Crippen molar-refractivity contribution >= 4 is 29.9 Å². The second-order valence-corrected chi connectivity index (χ2v) is 5.70. The molecule has 22 heavy (non-hydrogen) atoms. The molecule has 0 saturated heterocycles. The van der Waals surface area contributed by atoms with Gasteiger partial charge in [-0.25, -0.2) is 4.79 Å². The molecule has 0 radical (unpaired) electrons. The summed E-state index contributed by atoms with van der Waals surface area (Å²) >= 11 is 0. The fourth-order valence-electron chi connectivity index (χ4n) is 3.13. The predicted octanol–water partition coefficient (Wildman–Crippen LogP) is 2.33. The molecule has 0 aromatic heterocycles. The number of carboxylic acids is 1. The Hall–Kier alpha value is -2.56. The van der Waals surface area contributed by atoms with Crippen molar-refractivity contribution in [1.82, 2.24) is 0 Å². The van der Waals surface area contributed by atoms with Crippen LogP contribution in [-0.2, 0) is 15.0 Å². The summed E-state index contributed by atoms with van der Waals surface area (Å²) in [4.78, 5) is 31.5. The highest BCUT2D eigenvalue weighted by Gasteiger charge is 2.41. The van der Waals surface area contributed by atoms with Crippen molar-refractivity contribution in [3.63, 3.8) is 0 Å². The van der Waals surface area contributed by atoms with Crippen LogP contribution in [0.5, 0.6) is 0 Å². The van der Waals surface area contributed by atoms with Crippen LogP contribution < -0.4 is 0 Å². The van der Waals surface area contributed by atoms with Crippen LogP contribution in [0.1, 0.15) is 18.4 Å². The molecular weight excluding hydrogens is 280 g/mol. The first-order valence-electron chi connectivity index (χ1n) is 7.18. The van der Waals surface area contributed by atoms with Gasteiger partial charge in [-0.05, 0) is 30.0 Å². The molecule has 1 aromatic rings. The standard InChI is InChI=1S/C17H16N2O3/c20-15(16(21)22)9-17(8-12-4-3-7-18-10-12)11-19-14-6-2-1-5-13(14)17/h1-7,11-12H,8-10H2,(H,21,22). The molecule has 1 N–H and O–H groups in total. The number of rotatable bonds is 5. The van der Waals surface area contributed by atoms with Gasteiger partial charge in [-0.3, -0.25) is 14.8 Å². The van der Waals surface area contributed by atoms with E-state index in [0.29, 0.717) is 13.0 Å². The third kappa shape index (κ3) is 2.62. The SMILES string of the molecule is O=C(O)C(=O)CC1(CC2C=CC=NC2)C=Nc2ccccc21. The number of hydrogen-bond acceptors (Lipinski definition) is 4. The molecule has 2 aliphatic heterocycles. The van der Waals surface area contributed by atoms with E-state index in [-0.39, 0.29) is 12.3 Å². The number of aliphatic imine (C=N–C) groups is 2. The Kier molecular flexibility index (Phi) is 3.71. The van der Waals surface area contributed by atoms with Crippen LogP contribution in [-0.4, -0.2) is 35.8 Å². The molecule has 0 amide bonds. The Balaban J connectivity index is 1.95. The highest BCUT2D eigenvalue weighted by Crippen LogP contribution is 2.43. The summed E-state index contributed by atoms with van der Waals surface area (Å²) < 4.78 is 0. The average Bonchev–Trinajstić information content (AvgIpc) is 2.87. The summed E-state index contributed by atoms with van der Waals surface area (Å²) in [5.41, 5.74) is 1.07. The second kappa shape index (κ2) is 5.67. The van der Waals surface area contributed by atoms with Crippen molar-refractivity contribution in [1.29, 1.82) is 0 Å². The maximum absolute atomic E-state index is 11.8. The van der Waals surface area contributed by atoms with Crippen LogP contribution in [0.15, 0.2) is 46.4 Å². The van der Waals surface area contributed by atoms with Crippen molar-refractivity contribution in [3.8, 4) is 0 Å². The van der Waals surface area contributed by atoms with E-state index in [4.69, 9.17) is 5.11 Å². The van der Waals surface area contributed by atoms with Crippen molar-refractivity contribution in [2.75, 3.05) is 6.54 Å². The molecule has 2 heterocycles. The highest BCUT2D eigenvalue weighted by molar-refractivity contribution is 6.33. The van der Waals surface area contributed by atoms with Crippen molar-refractivity contribution in [3.05, 3.63) is 42.0 Å². The number of para-hydroxylation sites is 1. The first kappa shape index (κ1) is 14.4. The number of hydrogen-bond donors (Lipinski definition) is 1. The van der Waals surface area contributed by atoms with E-state index in [0.717, 1.165) is 11.3 Å². The van der Waals surface area contributed by atoms with E-state index >= 15 is 0 Å². The lowest BCUT2D eigenvalue weighted by atomic mass is 9.72. The van der Waals surface area contributed by atoms with Crippen LogP contribution in [0.25, 0.3) is 0 Å². The lowest BCUT2D eigenvalue weighted by molar-refractivity contribution is -0.149. The van der Waals surface area contributed by atoms with E-state index in [1.165, 1.54) is 0 Å². The normalized spacial score (nSPS) is 25.2. The third-order valence-corrected chi connectivity index (χ3v) is 4.15. The summed E-state index contributed by atoms with van der Waals surface area (Å²) in [5, 5.41) is 8.98. The van der Waals surface area contributed by atoms with Crippen LogP contribution in [0.4, 0.5) is 5.69 Å². The van der Waals surface area contributed by atoms with Gasteiger partial charge in [0.15, 0.2) is 0 Å². The topological polar surface area (TPSA) is 79.1 Å². The molecule has 5 nitrogen and oxygen atoms in total. The number of Topliss-reactive ketones (excluding diaryl/α,β-unsaturated/α-hetero) is 1. The Bertz CT molecular complexity index is 706. The average molecular weight is 296 g/mol. The van der Waals surface area contributed by atoms with Gasteiger partial charge in [-0.2, -0.15) is 0 Å². The van der Waals surface area contributed by atoms with Crippen LogP contribution in [0.2, 0.25) is 0 Å². The molecule has 2 unspecified atom stereocenters. The van der Waals surface area contributed by atoms with Gasteiger partial charge in [0.05, 0.1) is 5.69 Å². The van der Waals surface area contributed by atoms with Crippen molar-refractivity contribution in [2.45, 2.75) is 18.3 Å². The second-order valence-electron chi connectivity index (χ2n) is 5.70. The van der Waals surface area contributed by atoms with Gasteiger partial charge in [0.25, 0.3) is 0 Å². The number of carbonyl (C=O) groups excluding carboxylic acids is 1. The minimum atomic E-state index is -1.39. The summed E-state index contributed by atoms with van der Waals surface area (Å²) in [7, 11) is 0. The molecule has 0 spiro atoms. The third-order valence-electron chi connectivity index (χ3n) is 4.15. The Morgan fingerprint density at radius 2 is 2.14 bits per heavy atom. The molecule has 5 heteroatoms. The number of aliphatic carboxylic acids is 1. The first-order chi connectivity index (χ1) is 10.6. The lowest BCUT2D eigenvalue weighted by Gasteiger charge is -2.30. The van der Waals surface area contributed by atoms with Gasteiger partial charge >= 0.3 is 5.97 Å². The number of carboxylic acid groups (broad SMARTS) is 1. The van der Waals surface area contributed by atoms with Crippen molar-refractivity contribution < 1.29 is 14.7 Å². The van der Waals surface area contributed by atoms with Gasteiger partial charge in [0.1, 0.15) is 0 Å². The maximum Gasteiger partial charge on any atom is 0.372 e. The first-order valence-corrected chi connectivity index (χ1v) is 7.18. The quantitative estimate of drug-likeness (QED) is 0.847. The van der Waals surface area contributed by atoms with Gasteiger partial charge < -0.3 is 5.11 Å². The largest absolute Gasteiger partial charge is 0.476 e. The van der Waals surface area contributed by atoms with Gasteiger partial charge in [0.2, 0.25) is 5.78 Å². The lowest BCUT2D eigenvalue weighted by Crippen LogP contribution is -2.34. The molecule has 0 bridgehead atoms. The van der Waals surface area contributed by atoms with E-state index in [1.54, 1.807) is 12.4 Å². The predicted molar refractivity (Wildman–Crippen MR) is 84.1 cm³/mol. The molecule has 2 aliphatic rings. The van der Waals surface area contributed by atoms with Crippen molar-refractivity contribution in [2.24, 2.45) is 15.9 Å². The Morgan fingerprint density at radius 3 is 2.86 bits per heavy atom. The zero-order chi connectivity index (χ0) is 15.6. The number of dihydropyridines is 1. The van der Waals surface area contributed by atoms with Crippen LogP contribution in [0.3, 0.4) is 0 Å². The van der Waals surface area contributed by atoms with Crippen LogP contribution in [0, 0.1) is 5.92 Å². The molecule has 3 rings (SSSR count). The van der Waals surface area contributed by atoms with E-state index in [2.05, 4.69) is 16.1 Å². The molecule has 1 aromatic carbocycles. The Labute approximate surface area is 128 Å². The molecule has 2 atom stereocenters. The van der Waals surface area contributed by atoms with E-state index < -0.39 is 17.2 Å². The number of carbonyl (C=O) groups is 2. The fraction of sp³-hybridized carbons (Fsp3) is 0.294. The minimum absolute atomic E-state index is 0.0725. The van der Waals surface area contributed by atoms with Gasteiger partial charge in [-0.1, -0.05) is 24.3 Å². The van der Waals surface area contributed by atoms with E-state index in [1.807, 2.05) is 30.3 Å². The molecule has 0 saturated carbocycles. The smallest absolute Gasteiger partial charge is 0.372 e. The van der Waals surface area contributed by atoms with Gasteiger partial charge in [0, 0.05) is 30.8 Å². The maximum atomic E-state index is 11.8. The minimum Gasteiger partial charge on any atom is -0.476 e. The number of allylic oxidation sites excluding steroid dienone is 1. The molecule has 112 valence electrons. The zero-order valence-corrected chi connectivity index (χ0v) is 12.0. The monoisotopic (exact) mass is 296 g/mol. The van der Waals surface area contributed by atoms with Gasteiger partial charge in [-0.15, -0.1) is 0 Å². The summed E-state index contributed by atoms with van der Waals surface area (Å²) in [6.45, 7) is 0.648. The summed E-state index contributed by atoms with van der Waals surface area (Å²) in [6, 6.07) is 7.58. The molecular formula is C17H16N2O3. The zero-order valence-electron chi connectivity index (χ0n) is 12.0. The molecule has 0 fully saturated rings. The number of nitrogens with zero attached hydrogens (tertiary/aromatic N) is 2. The molecule has 0 aliphatic carbocycles. The summed E-state index contributed by atoms with van der Waals surface area (Å²) in [5.74, 6) is -2.01. The summed E-state index contributed by atoms with van der Waals surface area (Å²) in [6.07, 6.45) is 7.98. The highest BCUT2D eigenvalue weighted by atomic mass is 16.4.